The molecule has 0 bridgehead atoms. The van der Waals surface area contributed by atoms with E-state index in [1.807, 2.05) is 31.6 Å². The van der Waals surface area contributed by atoms with Gasteiger partial charge in [-0.05, 0) is 19.9 Å². The number of nitrogens with zero attached hydrogens (tertiary/aromatic N) is 4. The zero-order chi connectivity index (χ0) is 15.3. The molecule has 0 spiro atoms. The van der Waals surface area contributed by atoms with Gasteiger partial charge in [0.2, 0.25) is 5.13 Å². The summed E-state index contributed by atoms with van der Waals surface area (Å²) in [5.41, 5.74) is 2.00. The van der Waals surface area contributed by atoms with Crippen molar-refractivity contribution in [1.82, 2.24) is 20.0 Å². The summed E-state index contributed by atoms with van der Waals surface area (Å²) in [5.74, 6) is 0. The fourth-order valence-electron chi connectivity index (χ4n) is 1.21. The first-order valence-electron chi connectivity index (χ1n) is 5.49. The highest BCUT2D eigenvalue weighted by Crippen LogP contribution is 2.25. The van der Waals surface area contributed by atoms with E-state index >= 15 is 0 Å². The van der Waals surface area contributed by atoms with E-state index in [1.54, 1.807) is 0 Å². The van der Waals surface area contributed by atoms with Crippen molar-refractivity contribution >= 4 is 26.9 Å². The number of aromatic nitrogens is 4. The van der Waals surface area contributed by atoms with Crippen LogP contribution in [-0.4, -0.2) is 44.0 Å². The van der Waals surface area contributed by atoms with E-state index in [0.717, 1.165) is 28.1 Å². The standard InChI is InChI=1S/C9H13N5S.H2O4S/c1-4-10-9-12-11-8(15-9)7-5-6(2)14(3)13-7;1-5(2,3)4/h5H,4H2,1-3H3,(H,10,12);(H2,1,2,3,4). The molecule has 11 heteroatoms. The smallest absolute Gasteiger partial charge is 0.360 e. The second-order valence-electron chi connectivity index (χ2n) is 3.69. The topological polar surface area (TPSA) is 130 Å². The number of rotatable bonds is 3. The molecule has 20 heavy (non-hydrogen) atoms. The molecule has 0 aromatic carbocycles. The van der Waals surface area contributed by atoms with Gasteiger partial charge in [0.15, 0.2) is 5.01 Å². The molecule has 2 rings (SSSR count). The van der Waals surface area contributed by atoms with Crippen LogP contribution in [0.1, 0.15) is 12.6 Å². The Hall–Kier alpha value is -1.56. The number of anilines is 1. The summed E-state index contributed by atoms with van der Waals surface area (Å²) in [5, 5.41) is 17.3. The molecule has 0 aliphatic carbocycles. The molecule has 0 saturated carbocycles. The Morgan fingerprint density at radius 2 is 2.00 bits per heavy atom. The van der Waals surface area contributed by atoms with E-state index in [0.29, 0.717) is 0 Å². The first kappa shape index (κ1) is 16.5. The van der Waals surface area contributed by atoms with E-state index in [1.165, 1.54) is 11.3 Å². The quantitative estimate of drug-likeness (QED) is 0.714. The SMILES string of the molecule is CCNc1nnc(-c2cc(C)n(C)n2)s1.O=S(=O)(O)O. The van der Waals surface area contributed by atoms with Gasteiger partial charge in [0.05, 0.1) is 0 Å². The second-order valence-corrected chi connectivity index (χ2v) is 5.56. The van der Waals surface area contributed by atoms with Crippen LogP contribution in [-0.2, 0) is 17.4 Å². The van der Waals surface area contributed by atoms with E-state index in [4.69, 9.17) is 17.5 Å². The summed E-state index contributed by atoms with van der Waals surface area (Å²) in [6.45, 7) is 4.91. The molecule has 0 unspecified atom stereocenters. The minimum Gasteiger partial charge on any atom is -0.360 e. The molecule has 3 N–H and O–H groups in total. The van der Waals surface area contributed by atoms with Gasteiger partial charge in [-0.15, -0.1) is 10.2 Å². The van der Waals surface area contributed by atoms with Crippen molar-refractivity contribution in [3.8, 4) is 10.7 Å². The molecular formula is C9H15N5O4S2. The van der Waals surface area contributed by atoms with Gasteiger partial charge in [0.1, 0.15) is 5.69 Å². The van der Waals surface area contributed by atoms with Crippen molar-refractivity contribution in [2.24, 2.45) is 7.05 Å². The number of nitrogens with one attached hydrogen (secondary N) is 1. The van der Waals surface area contributed by atoms with E-state index in [9.17, 15) is 0 Å². The van der Waals surface area contributed by atoms with Crippen molar-refractivity contribution in [3.63, 3.8) is 0 Å². The first-order chi connectivity index (χ1) is 9.20. The number of hydrogen-bond acceptors (Lipinski definition) is 7. The predicted octanol–water partition coefficient (Wildman–Crippen LogP) is 1.03. The maximum atomic E-state index is 8.74. The zero-order valence-electron chi connectivity index (χ0n) is 11.1. The molecule has 0 saturated heterocycles. The van der Waals surface area contributed by atoms with Gasteiger partial charge in [-0.3, -0.25) is 13.8 Å². The van der Waals surface area contributed by atoms with Gasteiger partial charge in [0, 0.05) is 19.3 Å². The molecule has 2 aromatic heterocycles. The molecular weight excluding hydrogens is 306 g/mol. The van der Waals surface area contributed by atoms with Crippen LogP contribution < -0.4 is 5.32 Å². The Labute approximate surface area is 120 Å². The molecule has 0 atom stereocenters. The fourth-order valence-corrected chi connectivity index (χ4v) is 1.98. The van der Waals surface area contributed by atoms with E-state index in [-0.39, 0.29) is 0 Å². The highest BCUT2D eigenvalue weighted by atomic mass is 32.3. The van der Waals surface area contributed by atoms with Gasteiger partial charge in [-0.2, -0.15) is 13.5 Å². The van der Waals surface area contributed by atoms with Crippen molar-refractivity contribution in [3.05, 3.63) is 11.8 Å². The minimum atomic E-state index is -4.67. The van der Waals surface area contributed by atoms with Gasteiger partial charge in [-0.25, -0.2) is 0 Å². The fraction of sp³-hybridized carbons (Fsp3) is 0.444. The maximum absolute atomic E-state index is 8.74. The third kappa shape index (κ3) is 5.61. The Morgan fingerprint density at radius 3 is 2.45 bits per heavy atom. The van der Waals surface area contributed by atoms with Crippen LogP contribution in [0.3, 0.4) is 0 Å². The summed E-state index contributed by atoms with van der Waals surface area (Å²) in [6.07, 6.45) is 0. The van der Waals surface area contributed by atoms with Crippen molar-refractivity contribution in [1.29, 1.82) is 0 Å². The molecule has 2 aromatic rings. The third-order valence-electron chi connectivity index (χ3n) is 2.09. The molecule has 0 aliphatic heterocycles. The normalized spacial score (nSPS) is 10.8. The van der Waals surface area contributed by atoms with Crippen LogP contribution in [0.25, 0.3) is 10.7 Å². The summed E-state index contributed by atoms with van der Waals surface area (Å²) in [4.78, 5) is 0. The molecule has 0 aliphatic rings. The van der Waals surface area contributed by atoms with E-state index < -0.39 is 10.4 Å². The predicted molar refractivity (Wildman–Crippen MR) is 75.2 cm³/mol. The lowest BCUT2D eigenvalue weighted by molar-refractivity contribution is 0.381. The zero-order valence-corrected chi connectivity index (χ0v) is 12.7. The summed E-state index contributed by atoms with van der Waals surface area (Å²) >= 11 is 1.52. The Kier molecular flexibility index (Phi) is 5.56. The largest absolute Gasteiger partial charge is 0.394 e. The average Bonchev–Trinajstić information content (AvgIpc) is 2.85. The van der Waals surface area contributed by atoms with Gasteiger partial charge in [0.25, 0.3) is 0 Å². The van der Waals surface area contributed by atoms with Crippen LogP contribution in [0.5, 0.6) is 0 Å². The summed E-state index contributed by atoms with van der Waals surface area (Å²) in [7, 11) is -2.74. The molecule has 0 fully saturated rings. The van der Waals surface area contributed by atoms with Crippen LogP contribution in [0.4, 0.5) is 5.13 Å². The van der Waals surface area contributed by atoms with Gasteiger partial charge in [-0.1, -0.05) is 11.3 Å². The van der Waals surface area contributed by atoms with Crippen LogP contribution in [0.2, 0.25) is 0 Å². The third-order valence-corrected chi connectivity index (χ3v) is 2.99. The van der Waals surface area contributed by atoms with Crippen LogP contribution >= 0.6 is 11.3 Å². The van der Waals surface area contributed by atoms with Crippen molar-refractivity contribution < 1.29 is 17.5 Å². The second kappa shape index (κ2) is 6.74. The average molecular weight is 321 g/mol. The molecule has 9 nitrogen and oxygen atoms in total. The van der Waals surface area contributed by atoms with Gasteiger partial charge < -0.3 is 5.32 Å². The molecule has 2 heterocycles. The first-order valence-corrected chi connectivity index (χ1v) is 7.70. The minimum absolute atomic E-state index is 0.843. The Morgan fingerprint density at radius 1 is 1.40 bits per heavy atom. The van der Waals surface area contributed by atoms with E-state index in [2.05, 4.69) is 20.6 Å². The Bertz CT molecular complexity index is 636. The molecule has 0 amide bonds. The monoisotopic (exact) mass is 321 g/mol. The highest BCUT2D eigenvalue weighted by molar-refractivity contribution is 7.79. The van der Waals surface area contributed by atoms with Gasteiger partial charge >= 0.3 is 10.4 Å². The maximum Gasteiger partial charge on any atom is 0.394 e. The molecule has 0 radical (unpaired) electrons. The lowest BCUT2D eigenvalue weighted by Crippen LogP contribution is -1.94. The highest BCUT2D eigenvalue weighted by Gasteiger charge is 2.09. The number of hydrogen-bond donors (Lipinski definition) is 3. The number of aryl methyl sites for hydroxylation is 2. The molecule has 112 valence electrons. The lowest BCUT2D eigenvalue weighted by Gasteiger charge is -1.91. The Balaban J connectivity index is 0.000000347. The van der Waals surface area contributed by atoms with Crippen LogP contribution in [0.15, 0.2) is 6.07 Å². The summed E-state index contributed by atoms with van der Waals surface area (Å²) in [6, 6.07) is 2.01. The van der Waals surface area contributed by atoms with Crippen molar-refractivity contribution in [2.45, 2.75) is 13.8 Å². The summed E-state index contributed by atoms with van der Waals surface area (Å²) < 4.78 is 33.4. The lowest BCUT2D eigenvalue weighted by atomic mass is 10.4. The van der Waals surface area contributed by atoms with Crippen LogP contribution in [0, 0.1) is 6.92 Å². The van der Waals surface area contributed by atoms with Crippen molar-refractivity contribution in [2.75, 3.05) is 11.9 Å².